The number of nitrogens with one attached hydrogen (secondary N) is 1. The van der Waals surface area contributed by atoms with Crippen LogP contribution in [0.4, 0.5) is 5.82 Å². The number of benzene rings is 1. The zero-order valence-electron chi connectivity index (χ0n) is 15.7. The Morgan fingerprint density at radius 3 is 2.41 bits per heavy atom. The van der Waals surface area contributed by atoms with E-state index in [0.717, 1.165) is 24.5 Å². The van der Waals surface area contributed by atoms with Crippen molar-refractivity contribution in [3.63, 3.8) is 0 Å². The van der Waals surface area contributed by atoms with Gasteiger partial charge in [-0.15, -0.1) is 0 Å². The predicted molar refractivity (Wildman–Crippen MR) is 105 cm³/mol. The van der Waals surface area contributed by atoms with Crippen LogP contribution in [-0.4, -0.2) is 53.9 Å². The Labute approximate surface area is 160 Å². The molecule has 0 bridgehead atoms. The third-order valence-electron chi connectivity index (χ3n) is 4.80. The minimum atomic E-state index is -0.505. The van der Waals surface area contributed by atoms with Crippen molar-refractivity contribution < 1.29 is 9.59 Å². The lowest BCUT2D eigenvalue weighted by Gasteiger charge is -2.36. The summed E-state index contributed by atoms with van der Waals surface area (Å²) in [6.45, 7) is 4.53. The molecule has 1 N–H and O–H groups in total. The number of carbonyl (C=O) groups excluding carboxylic acids is 2. The van der Waals surface area contributed by atoms with Gasteiger partial charge in [-0.2, -0.15) is 0 Å². The van der Waals surface area contributed by atoms with Gasteiger partial charge in [0.1, 0.15) is 11.9 Å². The molecule has 0 aliphatic carbocycles. The molecule has 1 aliphatic heterocycles. The second-order valence-corrected chi connectivity index (χ2v) is 6.78. The summed E-state index contributed by atoms with van der Waals surface area (Å²) in [4.78, 5) is 33.1. The number of rotatable bonds is 6. The van der Waals surface area contributed by atoms with Crippen LogP contribution in [0.5, 0.6) is 0 Å². The fourth-order valence-electron chi connectivity index (χ4n) is 3.25. The Kier molecular flexibility index (Phi) is 6.41. The molecule has 1 aliphatic rings. The molecule has 1 aromatic carbocycles. The molecular formula is C21H26N4O2. The summed E-state index contributed by atoms with van der Waals surface area (Å²) >= 11 is 0. The van der Waals surface area contributed by atoms with Crippen molar-refractivity contribution >= 4 is 17.6 Å². The smallest absolute Gasteiger partial charge is 0.244 e. The van der Waals surface area contributed by atoms with Crippen LogP contribution in [0, 0.1) is 0 Å². The summed E-state index contributed by atoms with van der Waals surface area (Å²) in [5.74, 6) is 0.822. The molecule has 1 aromatic heterocycles. The van der Waals surface area contributed by atoms with Crippen molar-refractivity contribution in [2.75, 3.05) is 31.1 Å². The second-order valence-electron chi connectivity index (χ2n) is 6.78. The SMILES string of the molecule is C[C@H](NC(=O)CCc1ccccc1)C(=O)N1CCN(c2ccccn2)CC1. The van der Waals surface area contributed by atoms with Crippen molar-refractivity contribution in [1.29, 1.82) is 0 Å². The van der Waals surface area contributed by atoms with Gasteiger partial charge in [-0.3, -0.25) is 9.59 Å². The summed E-state index contributed by atoms with van der Waals surface area (Å²) in [6.07, 6.45) is 2.84. The molecule has 0 radical (unpaired) electrons. The first-order valence-electron chi connectivity index (χ1n) is 9.41. The van der Waals surface area contributed by atoms with Gasteiger partial charge in [-0.1, -0.05) is 36.4 Å². The Bertz CT molecular complexity index is 743. The summed E-state index contributed by atoms with van der Waals surface area (Å²) in [5, 5.41) is 2.83. The Morgan fingerprint density at radius 2 is 1.74 bits per heavy atom. The summed E-state index contributed by atoms with van der Waals surface area (Å²) in [6, 6.07) is 15.2. The molecule has 0 unspecified atom stereocenters. The molecule has 6 heteroatoms. The summed E-state index contributed by atoms with van der Waals surface area (Å²) in [5.41, 5.74) is 1.12. The van der Waals surface area contributed by atoms with Crippen molar-refractivity contribution in [1.82, 2.24) is 15.2 Å². The maximum absolute atomic E-state index is 12.6. The van der Waals surface area contributed by atoms with Crippen molar-refractivity contribution in [2.24, 2.45) is 0 Å². The highest BCUT2D eigenvalue weighted by Crippen LogP contribution is 2.13. The van der Waals surface area contributed by atoms with Gasteiger partial charge in [-0.05, 0) is 31.0 Å². The quantitative estimate of drug-likeness (QED) is 0.848. The van der Waals surface area contributed by atoms with Crippen molar-refractivity contribution in [2.45, 2.75) is 25.8 Å². The maximum Gasteiger partial charge on any atom is 0.244 e. The Balaban J connectivity index is 1.43. The molecule has 1 saturated heterocycles. The topological polar surface area (TPSA) is 65.5 Å². The largest absolute Gasteiger partial charge is 0.353 e. The van der Waals surface area contributed by atoms with Gasteiger partial charge in [0.2, 0.25) is 11.8 Å². The molecule has 2 heterocycles. The molecule has 3 rings (SSSR count). The van der Waals surface area contributed by atoms with E-state index in [9.17, 15) is 9.59 Å². The predicted octanol–water partition coefficient (Wildman–Crippen LogP) is 1.87. The first kappa shape index (κ1) is 18.9. The molecule has 0 spiro atoms. The molecule has 2 amide bonds. The van der Waals surface area contributed by atoms with Crippen LogP contribution in [0.1, 0.15) is 18.9 Å². The average Bonchev–Trinajstić information content (AvgIpc) is 2.73. The van der Waals surface area contributed by atoms with E-state index in [0.29, 0.717) is 25.9 Å². The lowest BCUT2D eigenvalue weighted by molar-refractivity contribution is -0.136. The van der Waals surface area contributed by atoms with Crippen LogP contribution in [0.25, 0.3) is 0 Å². The van der Waals surface area contributed by atoms with Crippen LogP contribution in [-0.2, 0) is 16.0 Å². The number of amides is 2. The number of hydrogen-bond acceptors (Lipinski definition) is 4. The highest BCUT2D eigenvalue weighted by Gasteiger charge is 2.26. The first-order chi connectivity index (χ1) is 13.1. The summed E-state index contributed by atoms with van der Waals surface area (Å²) in [7, 11) is 0. The number of pyridine rings is 1. The maximum atomic E-state index is 12.6. The minimum absolute atomic E-state index is 0.0243. The van der Waals surface area contributed by atoms with Crippen LogP contribution in [0.2, 0.25) is 0 Å². The van der Waals surface area contributed by atoms with Crippen molar-refractivity contribution in [3.8, 4) is 0 Å². The molecular weight excluding hydrogens is 340 g/mol. The third kappa shape index (κ3) is 5.29. The Hall–Kier alpha value is -2.89. The molecule has 6 nitrogen and oxygen atoms in total. The number of anilines is 1. The zero-order chi connectivity index (χ0) is 19.1. The van der Waals surface area contributed by atoms with E-state index < -0.39 is 6.04 Å². The lowest BCUT2D eigenvalue weighted by Crippen LogP contribution is -2.54. The van der Waals surface area contributed by atoms with Gasteiger partial charge >= 0.3 is 0 Å². The van der Waals surface area contributed by atoms with Crippen LogP contribution >= 0.6 is 0 Å². The normalized spacial score (nSPS) is 15.3. The van der Waals surface area contributed by atoms with E-state index in [1.54, 1.807) is 13.1 Å². The van der Waals surface area contributed by atoms with Gasteiger partial charge in [0.25, 0.3) is 0 Å². The number of carbonyl (C=O) groups is 2. The highest BCUT2D eigenvalue weighted by molar-refractivity contribution is 5.87. The minimum Gasteiger partial charge on any atom is -0.353 e. The van der Waals surface area contributed by atoms with Gasteiger partial charge in [0, 0.05) is 38.8 Å². The number of piperazine rings is 1. The van der Waals surface area contributed by atoms with E-state index >= 15 is 0 Å². The fourth-order valence-corrected chi connectivity index (χ4v) is 3.25. The highest BCUT2D eigenvalue weighted by atomic mass is 16.2. The lowest BCUT2D eigenvalue weighted by atomic mass is 10.1. The van der Waals surface area contributed by atoms with Crippen LogP contribution < -0.4 is 10.2 Å². The number of aryl methyl sites for hydroxylation is 1. The fraction of sp³-hybridized carbons (Fsp3) is 0.381. The van der Waals surface area contributed by atoms with E-state index in [4.69, 9.17) is 0 Å². The molecule has 1 atom stereocenters. The molecule has 27 heavy (non-hydrogen) atoms. The van der Waals surface area contributed by atoms with E-state index in [1.165, 1.54) is 0 Å². The molecule has 2 aromatic rings. The van der Waals surface area contributed by atoms with E-state index in [2.05, 4.69) is 15.2 Å². The average molecular weight is 366 g/mol. The van der Waals surface area contributed by atoms with Crippen LogP contribution in [0.3, 0.4) is 0 Å². The molecule has 1 fully saturated rings. The van der Waals surface area contributed by atoms with Gasteiger partial charge < -0.3 is 15.1 Å². The number of hydrogen-bond donors (Lipinski definition) is 1. The molecule has 0 saturated carbocycles. The summed E-state index contributed by atoms with van der Waals surface area (Å²) < 4.78 is 0. The van der Waals surface area contributed by atoms with E-state index in [1.807, 2.05) is 53.4 Å². The Morgan fingerprint density at radius 1 is 1.04 bits per heavy atom. The van der Waals surface area contributed by atoms with Gasteiger partial charge in [0.15, 0.2) is 0 Å². The van der Waals surface area contributed by atoms with Crippen LogP contribution in [0.15, 0.2) is 54.7 Å². The van der Waals surface area contributed by atoms with E-state index in [-0.39, 0.29) is 11.8 Å². The number of nitrogens with zero attached hydrogens (tertiary/aromatic N) is 3. The second kappa shape index (κ2) is 9.16. The monoisotopic (exact) mass is 366 g/mol. The third-order valence-corrected chi connectivity index (χ3v) is 4.80. The van der Waals surface area contributed by atoms with Crippen molar-refractivity contribution in [3.05, 3.63) is 60.3 Å². The standard InChI is InChI=1S/C21H26N4O2/c1-17(23-20(26)11-10-18-7-3-2-4-8-18)21(27)25-15-13-24(14-16-25)19-9-5-6-12-22-19/h2-9,12,17H,10-11,13-16H2,1H3,(H,23,26)/t17-/m0/s1. The zero-order valence-corrected chi connectivity index (χ0v) is 15.7. The first-order valence-corrected chi connectivity index (χ1v) is 9.41. The number of aromatic nitrogens is 1. The van der Waals surface area contributed by atoms with Gasteiger partial charge in [-0.25, -0.2) is 4.98 Å². The van der Waals surface area contributed by atoms with Gasteiger partial charge in [0.05, 0.1) is 0 Å². The molecule has 142 valence electrons.